The van der Waals surface area contributed by atoms with Crippen LogP contribution in [0.15, 0.2) is 24.3 Å². The largest absolute Gasteiger partial charge is 0.573 e. The van der Waals surface area contributed by atoms with E-state index in [0.29, 0.717) is 11.8 Å². The Labute approximate surface area is 117 Å². The number of ether oxygens (including phenoxy) is 1. The minimum atomic E-state index is -4.67. The molecule has 1 saturated carbocycles. The van der Waals surface area contributed by atoms with Crippen LogP contribution in [0.25, 0.3) is 0 Å². The van der Waals surface area contributed by atoms with Crippen LogP contribution in [0.2, 0.25) is 0 Å². The summed E-state index contributed by atoms with van der Waals surface area (Å²) in [6.45, 7) is 4.26. The summed E-state index contributed by atoms with van der Waals surface area (Å²) in [6, 6.07) is 6.07. The van der Waals surface area contributed by atoms with Gasteiger partial charge in [0.15, 0.2) is 0 Å². The highest BCUT2D eigenvalue weighted by Crippen LogP contribution is 2.41. The Hall–Kier alpha value is -1.23. The minimum Gasteiger partial charge on any atom is -0.406 e. The van der Waals surface area contributed by atoms with Crippen LogP contribution in [0.3, 0.4) is 0 Å². The monoisotopic (exact) mass is 287 g/mol. The lowest BCUT2D eigenvalue weighted by molar-refractivity contribution is -0.274. The molecule has 2 atom stereocenters. The summed E-state index contributed by atoms with van der Waals surface area (Å²) in [5, 5.41) is 0. The van der Waals surface area contributed by atoms with Gasteiger partial charge in [-0.15, -0.1) is 13.2 Å². The van der Waals surface area contributed by atoms with Gasteiger partial charge in [0.2, 0.25) is 0 Å². The van der Waals surface area contributed by atoms with Gasteiger partial charge in [0.25, 0.3) is 0 Å². The lowest BCUT2D eigenvalue weighted by Gasteiger charge is -2.40. The van der Waals surface area contributed by atoms with Crippen molar-refractivity contribution in [1.29, 1.82) is 0 Å². The van der Waals surface area contributed by atoms with E-state index in [1.54, 1.807) is 12.1 Å². The molecule has 0 amide bonds. The van der Waals surface area contributed by atoms with Crippen LogP contribution in [0.4, 0.5) is 13.2 Å². The summed E-state index contributed by atoms with van der Waals surface area (Å²) in [5.74, 6) is 0.734. The fourth-order valence-corrected chi connectivity index (χ4v) is 3.42. The maximum atomic E-state index is 12.3. The van der Waals surface area contributed by atoms with Crippen LogP contribution >= 0.6 is 0 Å². The van der Waals surface area contributed by atoms with Crippen LogP contribution in [0.5, 0.6) is 5.75 Å². The topological polar surface area (TPSA) is 35.2 Å². The predicted octanol–water partition coefficient (Wildman–Crippen LogP) is 4.20. The van der Waals surface area contributed by atoms with Crippen molar-refractivity contribution < 1.29 is 17.9 Å². The van der Waals surface area contributed by atoms with E-state index >= 15 is 0 Å². The van der Waals surface area contributed by atoms with E-state index in [9.17, 15) is 13.2 Å². The lowest BCUT2D eigenvalue weighted by Crippen LogP contribution is -2.43. The van der Waals surface area contributed by atoms with Gasteiger partial charge in [-0.25, -0.2) is 0 Å². The quantitative estimate of drug-likeness (QED) is 0.885. The Morgan fingerprint density at radius 1 is 1.20 bits per heavy atom. The molecule has 2 unspecified atom stereocenters. The molecule has 0 heterocycles. The highest BCUT2D eigenvalue weighted by molar-refractivity contribution is 5.34. The van der Waals surface area contributed by atoms with E-state index in [0.717, 1.165) is 24.8 Å². The molecule has 5 heteroatoms. The average molecular weight is 287 g/mol. The molecule has 2 nitrogen and oxygen atoms in total. The van der Waals surface area contributed by atoms with Gasteiger partial charge in [0, 0.05) is 5.54 Å². The minimum absolute atomic E-state index is 0.203. The van der Waals surface area contributed by atoms with Gasteiger partial charge in [0.05, 0.1) is 0 Å². The van der Waals surface area contributed by atoms with Gasteiger partial charge in [-0.2, -0.15) is 0 Å². The maximum absolute atomic E-state index is 12.3. The molecule has 0 saturated heterocycles. The molecular formula is C15H20F3NO. The van der Waals surface area contributed by atoms with Gasteiger partial charge in [-0.1, -0.05) is 26.0 Å². The van der Waals surface area contributed by atoms with Crippen LogP contribution in [0, 0.1) is 11.8 Å². The second-order valence-corrected chi connectivity index (χ2v) is 6.09. The van der Waals surface area contributed by atoms with Crippen molar-refractivity contribution in [2.75, 3.05) is 0 Å². The second-order valence-electron chi connectivity index (χ2n) is 6.09. The molecule has 0 aromatic heterocycles. The van der Waals surface area contributed by atoms with Crippen molar-refractivity contribution in [1.82, 2.24) is 0 Å². The average Bonchev–Trinajstić information content (AvgIpc) is 2.25. The number of rotatable bonds is 2. The first-order chi connectivity index (χ1) is 9.18. The van der Waals surface area contributed by atoms with Crippen molar-refractivity contribution in [2.24, 2.45) is 17.6 Å². The highest BCUT2D eigenvalue weighted by Gasteiger charge is 2.37. The number of hydrogen-bond acceptors (Lipinski definition) is 2. The zero-order valence-corrected chi connectivity index (χ0v) is 11.7. The third-order valence-electron chi connectivity index (χ3n) is 3.87. The zero-order chi connectivity index (χ0) is 15.0. The van der Waals surface area contributed by atoms with E-state index < -0.39 is 11.9 Å². The van der Waals surface area contributed by atoms with Gasteiger partial charge in [-0.05, 0) is 48.8 Å². The Morgan fingerprint density at radius 3 is 2.35 bits per heavy atom. The maximum Gasteiger partial charge on any atom is 0.573 e. The second kappa shape index (κ2) is 5.28. The highest BCUT2D eigenvalue weighted by atomic mass is 19.4. The molecule has 1 aliphatic rings. The van der Waals surface area contributed by atoms with Gasteiger partial charge in [-0.3, -0.25) is 0 Å². The van der Waals surface area contributed by atoms with Crippen LogP contribution in [-0.4, -0.2) is 6.36 Å². The smallest absolute Gasteiger partial charge is 0.406 e. The molecule has 112 valence electrons. The fraction of sp³-hybridized carbons (Fsp3) is 0.600. The first-order valence-corrected chi connectivity index (χ1v) is 6.83. The molecule has 2 rings (SSSR count). The van der Waals surface area contributed by atoms with Gasteiger partial charge in [0.1, 0.15) is 5.75 Å². The first kappa shape index (κ1) is 15.2. The number of alkyl halides is 3. The summed E-state index contributed by atoms with van der Waals surface area (Å²) in [4.78, 5) is 0. The molecule has 2 N–H and O–H groups in total. The van der Waals surface area contributed by atoms with Gasteiger partial charge < -0.3 is 10.5 Å². The standard InChI is InChI=1S/C15H20F3NO/c1-10-6-11(2)9-14(19,8-10)12-4-3-5-13(7-12)20-15(16,17)18/h3-5,7,10-11H,6,8-9,19H2,1-2H3. The van der Waals surface area contributed by atoms with Crippen molar-refractivity contribution >= 4 is 0 Å². The summed E-state index contributed by atoms with van der Waals surface area (Å²) in [5.41, 5.74) is 6.61. The summed E-state index contributed by atoms with van der Waals surface area (Å²) in [7, 11) is 0. The third kappa shape index (κ3) is 3.66. The Morgan fingerprint density at radius 2 is 1.80 bits per heavy atom. The Balaban J connectivity index is 2.25. The van der Waals surface area contributed by atoms with Crippen LogP contribution in [0.1, 0.15) is 38.7 Å². The molecular weight excluding hydrogens is 267 g/mol. The predicted molar refractivity (Wildman–Crippen MR) is 71.2 cm³/mol. The molecule has 20 heavy (non-hydrogen) atoms. The summed E-state index contributed by atoms with van der Waals surface area (Å²) in [6.07, 6.45) is -2.00. The summed E-state index contributed by atoms with van der Waals surface area (Å²) < 4.78 is 40.8. The lowest BCUT2D eigenvalue weighted by atomic mass is 9.69. The fourth-order valence-electron chi connectivity index (χ4n) is 3.42. The van der Waals surface area contributed by atoms with Crippen LogP contribution < -0.4 is 10.5 Å². The molecule has 1 fully saturated rings. The van der Waals surface area contributed by atoms with E-state index in [1.807, 2.05) is 0 Å². The molecule has 1 aromatic carbocycles. The molecule has 0 bridgehead atoms. The Bertz CT molecular complexity index is 462. The van der Waals surface area contributed by atoms with E-state index in [-0.39, 0.29) is 5.75 Å². The van der Waals surface area contributed by atoms with Crippen molar-refractivity contribution in [2.45, 2.75) is 45.0 Å². The van der Waals surface area contributed by atoms with Crippen molar-refractivity contribution in [3.63, 3.8) is 0 Å². The normalized spacial score (nSPS) is 31.1. The molecule has 0 radical (unpaired) electrons. The van der Waals surface area contributed by atoms with Crippen molar-refractivity contribution in [3.8, 4) is 5.75 Å². The SMILES string of the molecule is CC1CC(C)CC(N)(c2cccc(OC(F)(F)F)c2)C1. The Kier molecular flexibility index (Phi) is 4.00. The van der Waals surface area contributed by atoms with E-state index in [1.165, 1.54) is 12.1 Å². The van der Waals surface area contributed by atoms with Crippen molar-refractivity contribution in [3.05, 3.63) is 29.8 Å². The number of benzene rings is 1. The van der Waals surface area contributed by atoms with E-state index in [2.05, 4.69) is 18.6 Å². The summed E-state index contributed by atoms with van der Waals surface area (Å²) >= 11 is 0. The molecule has 0 spiro atoms. The third-order valence-corrected chi connectivity index (χ3v) is 3.87. The van der Waals surface area contributed by atoms with Gasteiger partial charge >= 0.3 is 6.36 Å². The van der Waals surface area contributed by atoms with E-state index in [4.69, 9.17) is 5.73 Å². The number of nitrogens with two attached hydrogens (primary N) is 1. The number of halogens is 3. The molecule has 0 aliphatic heterocycles. The number of hydrogen-bond donors (Lipinski definition) is 1. The zero-order valence-electron chi connectivity index (χ0n) is 11.7. The van der Waals surface area contributed by atoms with Crippen LogP contribution in [-0.2, 0) is 5.54 Å². The first-order valence-electron chi connectivity index (χ1n) is 6.83. The molecule has 1 aromatic rings. The molecule has 1 aliphatic carbocycles.